The van der Waals surface area contributed by atoms with E-state index in [1.54, 1.807) is 0 Å². The van der Waals surface area contributed by atoms with Crippen LogP contribution in [0.15, 0.2) is 72.8 Å². The first-order chi connectivity index (χ1) is 18.9. The van der Waals surface area contributed by atoms with Crippen LogP contribution in [0.25, 0.3) is 0 Å². The highest BCUT2D eigenvalue weighted by atomic mass is 16.5. The van der Waals surface area contributed by atoms with E-state index < -0.39 is 0 Å². The fourth-order valence-electron chi connectivity index (χ4n) is 3.49. The van der Waals surface area contributed by atoms with Gasteiger partial charge in [0, 0.05) is 26.3 Å². The van der Waals surface area contributed by atoms with E-state index in [2.05, 4.69) is 101 Å². The standard InChI is InChI=1S/C26H34B2N2O3.2C3H8/c1-21-5-7-23(8-6-21)28(32-20-18-30-4)24-11-15-26(16-12-24)33-25-13-9-22(10-14-25)27(2)31-19-17-29-3;2*1-3-2/h5-16,29-30H,17-20H2,1-4H3;2*3H2,1-2H3. The van der Waals surface area contributed by atoms with Gasteiger partial charge in [0.15, 0.2) is 0 Å². The van der Waals surface area contributed by atoms with Gasteiger partial charge in [0.25, 0.3) is 0 Å². The molecule has 0 atom stereocenters. The molecule has 0 saturated carbocycles. The SMILES string of the molecule is CCC.CCC.CNCCOB(C)c1ccc(Oc2ccc(B(OCCNC)c3ccc(C)cc3)cc2)cc1. The summed E-state index contributed by atoms with van der Waals surface area (Å²) in [6.45, 7) is 15.6. The zero-order chi connectivity index (χ0) is 28.9. The number of rotatable bonds is 13. The second-order valence-electron chi connectivity index (χ2n) is 9.54. The summed E-state index contributed by atoms with van der Waals surface area (Å²) in [5.74, 6) is 1.59. The van der Waals surface area contributed by atoms with Gasteiger partial charge in [-0.05, 0) is 61.7 Å². The summed E-state index contributed by atoms with van der Waals surface area (Å²) in [6.07, 6.45) is 2.50. The third-order valence-corrected chi connectivity index (χ3v) is 5.50. The number of likely N-dealkylation sites (N-methyl/N-ethyl adjacent to an activating group) is 2. The first kappa shape index (κ1) is 34.5. The van der Waals surface area contributed by atoms with Crippen LogP contribution in [0.1, 0.15) is 46.1 Å². The zero-order valence-electron chi connectivity index (χ0n) is 25.6. The van der Waals surface area contributed by atoms with Crippen LogP contribution in [0.2, 0.25) is 6.82 Å². The molecule has 5 nitrogen and oxygen atoms in total. The molecule has 0 heterocycles. The lowest BCUT2D eigenvalue weighted by Crippen LogP contribution is -2.45. The van der Waals surface area contributed by atoms with Crippen LogP contribution >= 0.6 is 0 Å². The van der Waals surface area contributed by atoms with Gasteiger partial charge in [0.2, 0.25) is 0 Å². The first-order valence-electron chi connectivity index (χ1n) is 14.4. The van der Waals surface area contributed by atoms with Crippen LogP contribution < -0.4 is 31.8 Å². The van der Waals surface area contributed by atoms with Crippen LogP contribution in [0.5, 0.6) is 11.5 Å². The minimum absolute atomic E-state index is 0.0494. The summed E-state index contributed by atoms with van der Waals surface area (Å²) in [5, 5.41) is 6.23. The molecule has 2 N–H and O–H groups in total. The molecule has 0 aliphatic heterocycles. The third-order valence-electron chi connectivity index (χ3n) is 5.50. The highest BCUT2D eigenvalue weighted by molar-refractivity contribution is 6.80. The quantitative estimate of drug-likeness (QED) is 0.239. The number of benzene rings is 3. The Morgan fingerprint density at radius 3 is 1.41 bits per heavy atom. The molecular formula is C32H50B2N2O3. The lowest BCUT2D eigenvalue weighted by atomic mass is 9.55. The molecule has 3 aromatic rings. The Kier molecular flexibility index (Phi) is 18.8. The molecule has 0 bridgehead atoms. The molecule has 0 radical (unpaired) electrons. The number of ether oxygens (including phenoxy) is 1. The minimum atomic E-state index is -0.114. The van der Waals surface area contributed by atoms with Gasteiger partial charge in [-0.2, -0.15) is 0 Å². The highest BCUT2D eigenvalue weighted by Gasteiger charge is 2.21. The molecule has 3 aromatic carbocycles. The summed E-state index contributed by atoms with van der Waals surface area (Å²) < 4.78 is 18.1. The number of hydrogen-bond acceptors (Lipinski definition) is 5. The summed E-state index contributed by atoms with van der Waals surface area (Å²) in [5.41, 5.74) is 4.62. The zero-order valence-corrected chi connectivity index (χ0v) is 25.6. The maximum absolute atomic E-state index is 6.20. The molecule has 0 aliphatic carbocycles. The Bertz CT molecular complexity index is 982. The van der Waals surface area contributed by atoms with Gasteiger partial charge in [-0.3, -0.25) is 0 Å². The van der Waals surface area contributed by atoms with Crippen molar-refractivity contribution < 1.29 is 14.0 Å². The monoisotopic (exact) mass is 532 g/mol. The summed E-state index contributed by atoms with van der Waals surface area (Å²) >= 11 is 0. The van der Waals surface area contributed by atoms with Crippen LogP contribution in [0.3, 0.4) is 0 Å². The molecular weight excluding hydrogens is 482 g/mol. The number of hydrogen-bond donors (Lipinski definition) is 2. The molecule has 0 fully saturated rings. The van der Waals surface area contributed by atoms with Crippen LogP contribution in [-0.2, 0) is 9.31 Å². The maximum Gasteiger partial charge on any atom is 0.361 e. The topological polar surface area (TPSA) is 51.8 Å². The highest BCUT2D eigenvalue weighted by Crippen LogP contribution is 2.19. The van der Waals surface area contributed by atoms with Crippen LogP contribution in [0, 0.1) is 6.92 Å². The molecule has 212 valence electrons. The largest absolute Gasteiger partial charge is 0.457 e. The summed E-state index contributed by atoms with van der Waals surface area (Å²) in [7, 11) is 3.85. The van der Waals surface area contributed by atoms with Crippen molar-refractivity contribution in [2.24, 2.45) is 0 Å². The van der Waals surface area contributed by atoms with E-state index in [0.29, 0.717) is 13.2 Å². The van der Waals surface area contributed by atoms with E-state index in [1.165, 1.54) is 18.4 Å². The number of nitrogens with one attached hydrogen (secondary N) is 2. The van der Waals surface area contributed by atoms with Gasteiger partial charge in [0.1, 0.15) is 11.5 Å². The van der Waals surface area contributed by atoms with Crippen molar-refractivity contribution in [2.45, 2.75) is 54.3 Å². The van der Waals surface area contributed by atoms with Crippen molar-refractivity contribution >= 4 is 30.2 Å². The Labute approximate surface area is 239 Å². The van der Waals surface area contributed by atoms with Crippen molar-refractivity contribution in [2.75, 3.05) is 40.4 Å². The lowest BCUT2D eigenvalue weighted by Gasteiger charge is -2.16. The molecule has 0 aliphatic rings. The van der Waals surface area contributed by atoms with Crippen molar-refractivity contribution in [3.63, 3.8) is 0 Å². The molecule has 7 heteroatoms. The van der Waals surface area contributed by atoms with E-state index in [0.717, 1.165) is 41.0 Å². The minimum Gasteiger partial charge on any atom is -0.457 e. The average Bonchev–Trinajstić information content (AvgIpc) is 2.94. The maximum atomic E-state index is 6.20. The van der Waals surface area contributed by atoms with Crippen molar-refractivity contribution in [1.82, 2.24) is 10.6 Å². The lowest BCUT2D eigenvalue weighted by molar-refractivity contribution is 0.330. The molecule has 0 unspecified atom stereocenters. The van der Waals surface area contributed by atoms with Gasteiger partial charge in [-0.25, -0.2) is 0 Å². The van der Waals surface area contributed by atoms with Gasteiger partial charge in [-0.1, -0.05) is 101 Å². The van der Waals surface area contributed by atoms with E-state index >= 15 is 0 Å². The molecule has 0 spiro atoms. The Morgan fingerprint density at radius 2 is 0.974 bits per heavy atom. The van der Waals surface area contributed by atoms with E-state index in [4.69, 9.17) is 14.0 Å². The van der Waals surface area contributed by atoms with Gasteiger partial charge >= 0.3 is 13.8 Å². The van der Waals surface area contributed by atoms with Crippen molar-refractivity contribution in [3.05, 3.63) is 78.4 Å². The van der Waals surface area contributed by atoms with Crippen LogP contribution in [0.4, 0.5) is 0 Å². The normalized spacial score (nSPS) is 10.1. The second kappa shape index (κ2) is 21.3. The predicted octanol–water partition coefficient (Wildman–Crippen LogP) is 5.03. The Hall–Kier alpha value is -2.57. The molecule has 3 rings (SSSR count). The molecule has 0 aromatic heterocycles. The smallest absolute Gasteiger partial charge is 0.361 e. The van der Waals surface area contributed by atoms with Gasteiger partial charge in [0.05, 0.1) is 0 Å². The first-order valence-corrected chi connectivity index (χ1v) is 14.4. The average molecular weight is 532 g/mol. The van der Waals surface area contributed by atoms with Gasteiger partial charge < -0.3 is 24.7 Å². The fourth-order valence-corrected chi connectivity index (χ4v) is 3.49. The molecule has 39 heavy (non-hydrogen) atoms. The molecule has 0 amide bonds. The van der Waals surface area contributed by atoms with Crippen LogP contribution in [-0.4, -0.2) is 54.2 Å². The summed E-state index contributed by atoms with van der Waals surface area (Å²) in [4.78, 5) is 0. The molecule has 0 saturated heterocycles. The van der Waals surface area contributed by atoms with Gasteiger partial charge in [-0.15, -0.1) is 0 Å². The summed E-state index contributed by atoms with van der Waals surface area (Å²) in [6, 6.07) is 24.7. The van der Waals surface area contributed by atoms with Crippen molar-refractivity contribution in [1.29, 1.82) is 0 Å². The fraction of sp³-hybridized carbons (Fsp3) is 0.438. The number of aryl methyl sites for hydroxylation is 1. The van der Waals surface area contributed by atoms with E-state index in [9.17, 15) is 0 Å². The van der Waals surface area contributed by atoms with E-state index in [-0.39, 0.29) is 13.8 Å². The Balaban J connectivity index is 0.00000116. The predicted molar refractivity (Wildman–Crippen MR) is 172 cm³/mol. The third kappa shape index (κ3) is 13.9. The van der Waals surface area contributed by atoms with Crippen molar-refractivity contribution in [3.8, 4) is 11.5 Å². The van der Waals surface area contributed by atoms with E-state index in [1.807, 2.05) is 38.4 Å². The Morgan fingerprint density at radius 1 is 0.590 bits per heavy atom. The second-order valence-corrected chi connectivity index (χ2v) is 9.54.